The van der Waals surface area contributed by atoms with Gasteiger partial charge in [-0.2, -0.15) is 0 Å². The summed E-state index contributed by atoms with van der Waals surface area (Å²) in [6.45, 7) is 0.527. The van der Waals surface area contributed by atoms with Crippen LogP contribution in [0.15, 0.2) is 41.0 Å². The molecule has 1 fully saturated rings. The number of furan rings is 1. The lowest BCUT2D eigenvalue weighted by Crippen LogP contribution is -2.43. The summed E-state index contributed by atoms with van der Waals surface area (Å²) in [5, 5.41) is 3.55. The van der Waals surface area contributed by atoms with Gasteiger partial charge in [0, 0.05) is 12.2 Å². The summed E-state index contributed by atoms with van der Waals surface area (Å²) in [5.41, 5.74) is 0.543. The van der Waals surface area contributed by atoms with E-state index < -0.39 is 6.04 Å². The molecule has 0 unspecified atom stereocenters. The minimum absolute atomic E-state index is 0.235. The lowest BCUT2D eigenvalue weighted by Gasteiger charge is -2.23. The van der Waals surface area contributed by atoms with Crippen molar-refractivity contribution in [3.8, 4) is 0 Å². The highest BCUT2D eigenvalue weighted by molar-refractivity contribution is 6.42. The van der Waals surface area contributed by atoms with Gasteiger partial charge >= 0.3 is 0 Å². The number of amides is 2. The van der Waals surface area contributed by atoms with Gasteiger partial charge in [-0.1, -0.05) is 23.2 Å². The molecule has 0 spiro atoms. The number of likely N-dealkylation sites (tertiary alicyclic amines) is 1. The molecule has 1 aromatic carbocycles. The van der Waals surface area contributed by atoms with Crippen molar-refractivity contribution < 1.29 is 14.0 Å². The van der Waals surface area contributed by atoms with Gasteiger partial charge in [0.15, 0.2) is 5.76 Å². The lowest BCUT2D eigenvalue weighted by molar-refractivity contribution is -0.119. The monoisotopic (exact) mass is 352 g/mol. The molecule has 7 heteroatoms. The standard InChI is InChI=1S/C16H14Cl2N2O3/c17-11-6-5-10(9-12(11)18)19-15(21)13-3-1-7-20(13)16(22)14-4-2-8-23-14/h2,4-6,8-9,13H,1,3,7H2,(H,19,21)/t13-/m1/s1. The molecule has 1 aliphatic rings. The summed E-state index contributed by atoms with van der Waals surface area (Å²) in [4.78, 5) is 26.4. The third-order valence-electron chi connectivity index (χ3n) is 3.74. The summed E-state index contributed by atoms with van der Waals surface area (Å²) >= 11 is 11.8. The lowest BCUT2D eigenvalue weighted by atomic mass is 10.2. The number of benzene rings is 1. The van der Waals surface area contributed by atoms with Gasteiger partial charge < -0.3 is 14.6 Å². The van der Waals surface area contributed by atoms with E-state index >= 15 is 0 Å². The molecule has 5 nitrogen and oxygen atoms in total. The predicted octanol–water partition coefficient (Wildman–Crippen LogP) is 3.83. The molecular formula is C16H14Cl2N2O3. The van der Waals surface area contributed by atoms with Crippen LogP contribution < -0.4 is 5.32 Å². The average Bonchev–Trinajstić information content (AvgIpc) is 3.21. The van der Waals surface area contributed by atoms with E-state index in [2.05, 4.69) is 5.32 Å². The highest BCUT2D eigenvalue weighted by Gasteiger charge is 2.35. The molecule has 0 bridgehead atoms. The van der Waals surface area contributed by atoms with Crippen LogP contribution in [0.5, 0.6) is 0 Å². The maximum atomic E-state index is 12.5. The molecule has 1 saturated heterocycles. The predicted molar refractivity (Wildman–Crippen MR) is 87.9 cm³/mol. The zero-order valence-corrected chi connectivity index (χ0v) is 13.6. The first-order chi connectivity index (χ1) is 11.1. The molecule has 3 rings (SSSR count). The molecule has 1 N–H and O–H groups in total. The highest BCUT2D eigenvalue weighted by Crippen LogP contribution is 2.26. The Morgan fingerprint density at radius 1 is 1.22 bits per heavy atom. The number of carbonyl (C=O) groups excluding carboxylic acids is 2. The fourth-order valence-corrected chi connectivity index (χ4v) is 2.92. The van der Waals surface area contributed by atoms with Crippen molar-refractivity contribution in [1.82, 2.24) is 4.90 Å². The average molecular weight is 353 g/mol. The molecule has 23 heavy (non-hydrogen) atoms. The third-order valence-corrected chi connectivity index (χ3v) is 4.47. The third kappa shape index (κ3) is 3.35. The van der Waals surface area contributed by atoms with Crippen LogP contribution in [0.3, 0.4) is 0 Å². The van der Waals surface area contributed by atoms with E-state index in [0.29, 0.717) is 28.7 Å². The topological polar surface area (TPSA) is 62.6 Å². The van der Waals surface area contributed by atoms with Crippen LogP contribution in [0.1, 0.15) is 23.4 Å². The van der Waals surface area contributed by atoms with Crippen LogP contribution in [0, 0.1) is 0 Å². The van der Waals surface area contributed by atoms with Crippen molar-refractivity contribution in [3.05, 3.63) is 52.4 Å². The number of rotatable bonds is 3. The Balaban J connectivity index is 1.73. The van der Waals surface area contributed by atoms with Crippen molar-refractivity contribution in [2.45, 2.75) is 18.9 Å². The Morgan fingerprint density at radius 3 is 2.74 bits per heavy atom. The van der Waals surface area contributed by atoms with Crippen LogP contribution in [0.2, 0.25) is 10.0 Å². The molecule has 2 heterocycles. The number of nitrogens with one attached hydrogen (secondary N) is 1. The normalized spacial score (nSPS) is 17.3. The quantitative estimate of drug-likeness (QED) is 0.912. The van der Waals surface area contributed by atoms with Gasteiger partial charge in [-0.25, -0.2) is 0 Å². The van der Waals surface area contributed by atoms with E-state index in [4.69, 9.17) is 27.6 Å². The zero-order chi connectivity index (χ0) is 16.4. The summed E-state index contributed by atoms with van der Waals surface area (Å²) in [6.07, 6.45) is 2.82. The Kier molecular flexibility index (Phi) is 4.59. The Bertz CT molecular complexity index is 731. The summed E-state index contributed by atoms with van der Waals surface area (Å²) in [7, 11) is 0. The van der Waals surface area contributed by atoms with E-state index in [0.717, 1.165) is 6.42 Å². The number of nitrogens with zero attached hydrogens (tertiary/aromatic N) is 1. The molecular weight excluding hydrogens is 339 g/mol. The van der Waals surface area contributed by atoms with Crippen molar-refractivity contribution in [2.24, 2.45) is 0 Å². The molecule has 0 radical (unpaired) electrons. The fraction of sp³-hybridized carbons (Fsp3) is 0.250. The van der Waals surface area contributed by atoms with Crippen LogP contribution in [0.4, 0.5) is 5.69 Å². The Labute approximate surface area is 143 Å². The number of carbonyl (C=O) groups is 2. The van der Waals surface area contributed by atoms with Gasteiger partial charge in [0.1, 0.15) is 6.04 Å². The van der Waals surface area contributed by atoms with Gasteiger partial charge in [0.05, 0.1) is 16.3 Å². The maximum Gasteiger partial charge on any atom is 0.290 e. The van der Waals surface area contributed by atoms with Gasteiger partial charge in [-0.3, -0.25) is 9.59 Å². The van der Waals surface area contributed by atoms with Crippen molar-refractivity contribution in [2.75, 3.05) is 11.9 Å². The molecule has 1 atom stereocenters. The van der Waals surface area contributed by atoms with Crippen LogP contribution >= 0.6 is 23.2 Å². The molecule has 0 saturated carbocycles. The summed E-state index contributed by atoms with van der Waals surface area (Å²) in [6, 6.07) is 7.57. The number of hydrogen-bond donors (Lipinski definition) is 1. The molecule has 0 aliphatic carbocycles. The smallest absolute Gasteiger partial charge is 0.290 e. The molecule has 1 aromatic heterocycles. The first-order valence-electron chi connectivity index (χ1n) is 7.16. The fourth-order valence-electron chi connectivity index (χ4n) is 2.62. The Hall–Kier alpha value is -1.98. The van der Waals surface area contributed by atoms with E-state index in [-0.39, 0.29) is 17.6 Å². The SMILES string of the molecule is O=C(Nc1ccc(Cl)c(Cl)c1)[C@H]1CCCN1C(=O)c1ccco1. The summed E-state index contributed by atoms with van der Waals surface area (Å²) in [5.74, 6) is -0.290. The van der Waals surface area contributed by atoms with E-state index in [1.165, 1.54) is 11.2 Å². The van der Waals surface area contributed by atoms with Crippen LogP contribution in [-0.4, -0.2) is 29.3 Å². The van der Waals surface area contributed by atoms with Gasteiger partial charge in [0.25, 0.3) is 5.91 Å². The molecule has 120 valence electrons. The van der Waals surface area contributed by atoms with Crippen LogP contribution in [0.25, 0.3) is 0 Å². The second-order valence-electron chi connectivity index (χ2n) is 5.25. The molecule has 2 aromatic rings. The minimum Gasteiger partial charge on any atom is -0.459 e. The number of hydrogen-bond acceptors (Lipinski definition) is 3. The largest absolute Gasteiger partial charge is 0.459 e. The van der Waals surface area contributed by atoms with Gasteiger partial charge in [-0.05, 0) is 43.2 Å². The van der Waals surface area contributed by atoms with E-state index in [1.807, 2.05) is 0 Å². The second-order valence-corrected chi connectivity index (χ2v) is 6.07. The highest BCUT2D eigenvalue weighted by atomic mass is 35.5. The first kappa shape index (κ1) is 15.9. The maximum absolute atomic E-state index is 12.5. The molecule has 1 aliphatic heterocycles. The van der Waals surface area contributed by atoms with Crippen molar-refractivity contribution in [3.63, 3.8) is 0 Å². The zero-order valence-electron chi connectivity index (χ0n) is 12.1. The second kappa shape index (κ2) is 6.64. The first-order valence-corrected chi connectivity index (χ1v) is 7.92. The number of halogens is 2. The van der Waals surface area contributed by atoms with E-state index in [9.17, 15) is 9.59 Å². The summed E-state index contributed by atoms with van der Waals surface area (Å²) < 4.78 is 5.13. The van der Waals surface area contributed by atoms with Gasteiger partial charge in [0.2, 0.25) is 5.91 Å². The Morgan fingerprint density at radius 2 is 2.04 bits per heavy atom. The van der Waals surface area contributed by atoms with Crippen molar-refractivity contribution in [1.29, 1.82) is 0 Å². The minimum atomic E-state index is -0.526. The van der Waals surface area contributed by atoms with Crippen LogP contribution in [-0.2, 0) is 4.79 Å². The molecule has 2 amide bonds. The van der Waals surface area contributed by atoms with E-state index in [1.54, 1.807) is 30.3 Å². The van der Waals surface area contributed by atoms with Gasteiger partial charge in [-0.15, -0.1) is 0 Å². The van der Waals surface area contributed by atoms with Crippen molar-refractivity contribution >= 4 is 40.7 Å². The number of anilines is 1.